The number of nitrogens with zero attached hydrogens (tertiary/aromatic N) is 1. The van der Waals surface area contributed by atoms with E-state index in [1.807, 2.05) is 21.1 Å². The third-order valence-electron chi connectivity index (χ3n) is 8.38. The first kappa shape index (κ1) is 45.0. The van der Waals surface area contributed by atoms with Gasteiger partial charge in [-0.2, -0.15) is 0 Å². The van der Waals surface area contributed by atoms with Gasteiger partial charge in [0, 0.05) is 19.4 Å². The molecule has 0 aromatic heterocycles. The summed E-state index contributed by atoms with van der Waals surface area (Å²) in [4.78, 5) is 35.4. The highest BCUT2D eigenvalue weighted by atomic mass is 31.2. The van der Waals surface area contributed by atoms with E-state index in [0.717, 1.165) is 38.5 Å². The lowest BCUT2D eigenvalue weighted by molar-refractivity contribution is -0.870. The standard InChI is InChI=1S/C36H74N3O6P/c1-6-8-10-12-14-16-18-20-22-24-26-28-35(40)37-32-34(33-45-46(42,43)44-31-30-39(3,4)5)38-36(41)29-27-25-23-21-19-17-15-13-11-9-7-2/h34H,6-33H2,1-5H3,(H2-,37,38,40,41,42,43)/p+1. The van der Waals surface area contributed by atoms with Crippen molar-refractivity contribution in [3.63, 3.8) is 0 Å². The number of carbonyl (C=O) groups excluding carboxylic acids is 2. The van der Waals surface area contributed by atoms with Gasteiger partial charge in [-0.3, -0.25) is 18.6 Å². The van der Waals surface area contributed by atoms with Crippen LogP contribution < -0.4 is 10.6 Å². The number of carbonyl (C=O) groups is 2. The van der Waals surface area contributed by atoms with Gasteiger partial charge in [-0.25, -0.2) is 4.57 Å². The third kappa shape index (κ3) is 32.9. The summed E-state index contributed by atoms with van der Waals surface area (Å²) in [6.45, 7) is 5.02. The summed E-state index contributed by atoms with van der Waals surface area (Å²) in [5.74, 6) is -0.213. The smallest absolute Gasteiger partial charge is 0.354 e. The van der Waals surface area contributed by atoms with Crippen molar-refractivity contribution in [3.8, 4) is 0 Å². The fourth-order valence-electron chi connectivity index (χ4n) is 5.33. The maximum atomic E-state index is 12.7. The zero-order valence-corrected chi connectivity index (χ0v) is 31.7. The number of quaternary nitrogens is 1. The SMILES string of the molecule is CCCCCCCCCCCCCC(=O)NCC(COP(=O)(O)OCC[N+](C)(C)C)NC(=O)CCCCCCCCCCCCC. The Labute approximate surface area is 283 Å². The minimum atomic E-state index is -4.29. The van der Waals surface area contributed by atoms with Crippen LogP contribution >= 0.6 is 7.82 Å². The van der Waals surface area contributed by atoms with Crippen LogP contribution in [0, 0.1) is 0 Å². The molecule has 3 N–H and O–H groups in total. The fourth-order valence-corrected chi connectivity index (χ4v) is 6.08. The van der Waals surface area contributed by atoms with Crippen LogP contribution in [0.4, 0.5) is 0 Å². The zero-order valence-electron chi connectivity index (χ0n) is 30.8. The second kappa shape index (κ2) is 30.1. The number of hydrogen-bond acceptors (Lipinski definition) is 5. The highest BCUT2D eigenvalue weighted by molar-refractivity contribution is 7.47. The first-order valence-corrected chi connectivity index (χ1v) is 20.5. The van der Waals surface area contributed by atoms with Crippen LogP contribution in [-0.2, 0) is 23.2 Å². The molecular weight excluding hydrogens is 601 g/mol. The Kier molecular flexibility index (Phi) is 29.4. The molecule has 274 valence electrons. The highest BCUT2D eigenvalue weighted by Crippen LogP contribution is 2.43. The van der Waals surface area contributed by atoms with Crippen LogP contribution in [0.2, 0.25) is 0 Å². The van der Waals surface area contributed by atoms with Gasteiger partial charge in [0.25, 0.3) is 0 Å². The molecule has 0 aromatic rings. The Bertz CT molecular complexity index is 777. The Balaban J connectivity index is 4.44. The molecule has 0 aliphatic carbocycles. The number of amides is 2. The number of phosphoric ester groups is 1. The van der Waals surface area contributed by atoms with E-state index in [1.165, 1.54) is 103 Å². The van der Waals surface area contributed by atoms with Crippen LogP contribution in [0.3, 0.4) is 0 Å². The molecule has 0 bridgehead atoms. The maximum Gasteiger partial charge on any atom is 0.472 e. The van der Waals surface area contributed by atoms with Gasteiger partial charge in [-0.15, -0.1) is 0 Å². The van der Waals surface area contributed by atoms with Crippen molar-refractivity contribution < 1.29 is 32.6 Å². The predicted octanol–water partition coefficient (Wildman–Crippen LogP) is 8.83. The number of hydrogen-bond donors (Lipinski definition) is 3. The van der Waals surface area contributed by atoms with Crippen molar-refractivity contribution in [2.75, 3.05) is 47.4 Å². The van der Waals surface area contributed by atoms with E-state index in [1.54, 1.807) is 0 Å². The van der Waals surface area contributed by atoms with Gasteiger partial charge in [0.05, 0.1) is 33.8 Å². The molecule has 10 heteroatoms. The molecule has 0 rings (SSSR count). The number of unbranched alkanes of at least 4 members (excludes halogenated alkanes) is 20. The molecule has 2 atom stereocenters. The van der Waals surface area contributed by atoms with Crippen molar-refractivity contribution in [3.05, 3.63) is 0 Å². The Morgan fingerprint density at radius 1 is 0.630 bits per heavy atom. The van der Waals surface area contributed by atoms with E-state index in [9.17, 15) is 19.0 Å². The molecule has 0 heterocycles. The van der Waals surface area contributed by atoms with E-state index >= 15 is 0 Å². The molecule has 0 fully saturated rings. The largest absolute Gasteiger partial charge is 0.472 e. The predicted molar refractivity (Wildman–Crippen MR) is 192 cm³/mol. The molecule has 0 aliphatic rings. The molecule has 2 unspecified atom stereocenters. The average molecular weight is 677 g/mol. The minimum absolute atomic E-state index is 0.0723. The molecular formula is C36H75N3O6P+. The molecule has 0 saturated heterocycles. The van der Waals surface area contributed by atoms with E-state index in [0.29, 0.717) is 23.9 Å². The van der Waals surface area contributed by atoms with Gasteiger partial charge in [0.1, 0.15) is 13.2 Å². The van der Waals surface area contributed by atoms with Gasteiger partial charge in [0.15, 0.2) is 0 Å². The second-order valence-electron chi connectivity index (χ2n) is 14.3. The summed E-state index contributed by atoms with van der Waals surface area (Å²) in [7, 11) is 1.61. The molecule has 2 amide bonds. The van der Waals surface area contributed by atoms with Crippen molar-refractivity contribution in [1.82, 2.24) is 10.6 Å². The lowest BCUT2D eigenvalue weighted by atomic mass is 10.1. The summed E-state index contributed by atoms with van der Waals surface area (Å²) in [5.41, 5.74) is 0. The van der Waals surface area contributed by atoms with Crippen LogP contribution in [-0.4, -0.2) is 74.7 Å². The molecule has 0 spiro atoms. The molecule has 46 heavy (non-hydrogen) atoms. The Hall–Kier alpha value is -0.990. The Morgan fingerprint density at radius 2 is 1.02 bits per heavy atom. The van der Waals surface area contributed by atoms with Crippen LogP contribution in [0.5, 0.6) is 0 Å². The van der Waals surface area contributed by atoms with Gasteiger partial charge in [-0.05, 0) is 12.8 Å². The number of likely N-dealkylation sites (N-methyl/N-ethyl adjacent to an activating group) is 1. The van der Waals surface area contributed by atoms with Crippen molar-refractivity contribution >= 4 is 19.6 Å². The summed E-state index contributed by atoms with van der Waals surface area (Å²) >= 11 is 0. The van der Waals surface area contributed by atoms with Gasteiger partial charge < -0.3 is 20.0 Å². The van der Waals surface area contributed by atoms with Crippen molar-refractivity contribution in [2.24, 2.45) is 0 Å². The summed E-state index contributed by atoms with van der Waals surface area (Å²) in [6.07, 6.45) is 27.6. The Morgan fingerprint density at radius 3 is 1.43 bits per heavy atom. The van der Waals surface area contributed by atoms with Gasteiger partial charge in [-0.1, -0.05) is 142 Å². The lowest BCUT2D eigenvalue weighted by Gasteiger charge is -2.24. The monoisotopic (exact) mass is 677 g/mol. The third-order valence-corrected chi connectivity index (χ3v) is 9.37. The van der Waals surface area contributed by atoms with Crippen LogP contribution in [0.25, 0.3) is 0 Å². The van der Waals surface area contributed by atoms with E-state index in [4.69, 9.17) is 9.05 Å². The second-order valence-corrected chi connectivity index (χ2v) is 15.7. The number of nitrogens with one attached hydrogen (secondary N) is 2. The van der Waals surface area contributed by atoms with Gasteiger partial charge >= 0.3 is 7.82 Å². The van der Waals surface area contributed by atoms with Gasteiger partial charge in [0.2, 0.25) is 11.8 Å². The molecule has 0 aliphatic heterocycles. The average Bonchev–Trinajstić information content (AvgIpc) is 2.99. The summed E-state index contributed by atoms with van der Waals surface area (Å²) in [5, 5.41) is 5.79. The van der Waals surface area contributed by atoms with E-state index in [-0.39, 0.29) is 31.6 Å². The summed E-state index contributed by atoms with van der Waals surface area (Å²) in [6, 6.07) is -0.621. The first-order valence-electron chi connectivity index (χ1n) is 19.0. The summed E-state index contributed by atoms with van der Waals surface area (Å²) < 4.78 is 23.4. The van der Waals surface area contributed by atoms with Crippen molar-refractivity contribution in [2.45, 2.75) is 174 Å². The quantitative estimate of drug-likeness (QED) is 0.0357. The minimum Gasteiger partial charge on any atom is -0.354 e. The lowest BCUT2D eigenvalue weighted by Crippen LogP contribution is -2.46. The van der Waals surface area contributed by atoms with Crippen LogP contribution in [0.15, 0.2) is 0 Å². The van der Waals surface area contributed by atoms with E-state index < -0.39 is 13.9 Å². The fraction of sp³-hybridized carbons (Fsp3) is 0.944. The normalized spacial score (nSPS) is 13.8. The number of phosphoric acid groups is 1. The highest BCUT2D eigenvalue weighted by Gasteiger charge is 2.25. The molecule has 0 radical (unpaired) electrons. The molecule has 0 aromatic carbocycles. The van der Waals surface area contributed by atoms with Crippen LogP contribution in [0.1, 0.15) is 168 Å². The topological polar surface area (TPSA) is 114 Å². The molecule has 0 saturated carbocycles. The first-order chi connectivity index (χ1) is 22.0. The number of rotatable bonds is 34. The zero-order chi connectivity index (χ0) is 34.4. The van der Waals surface area contributed by atoms with E-state index in [2.05, 4.69) is 24.5 Å². The molecule has 9 nitrogen and oxygen atoms in total. The van der Waals surface area contributed by atoms with Crippen molar-refractivity contribution in [1.29, 1.82) is 0 Å². The maximum absolute atomic E-state index is 12.7.